The van der Waals surface area contributed by atoms with E-state index in [0.29, 0.717) is 0 Å². The minimum atomic E-state index is -1.53. The quantitative estimate of drug-likeness (QED) is 0.336. The summed E-state index contributed by atoms with van der Waals surface area (Å²) in [6.07, 6.45) is 0. The average molecular weight is 468 g/mol. The van der Waals surface area contributed by atoms with Crippen LogP contribution in [0.1, 0.15) is 40.3 Å². The molecule has 0 amide bonds. The van der Waals surface area contributed by atoms with Crippen molar-refractivity contribution in [1.82, 2.24) is 19.9 Å². The second-order valence-corrected chi connectivity index (χ2v) is 8.48. The zero-order valence-corrected chi connectivity index (χ0v) is 19.5. The van der Waals surface area contributed by atoms with Crippen LogP contribution in [0, 0.1) is 0 Å². The van der Waals surface area contributed by atoms with Crippen LogP contribution >= 0.6 is 11.3 Å². The lowest BCUT2D eigenvalue weighted by atomic mass is 10.1. The first-order valence-corrected chi connectivity index (χ1v) is 10.00. The highest BCUT2D eigenvalue weighted by Gasteiger charge is 2.36. The van der Waals surface area contributed by atoms with Gasteiger partial charge in [-0.15, -0.1) is 26.3 Å². The second kappa shape index (κ2) is 9.72. The van der Waals surface area contributed by atoms with E-state index in [1.54, 1.807) is 20.8 Å². The standard InChI is InChI=1S/C18H24N6O7S/c1-17(2,3)30-12(26)18(4,5)31-24-10(9-8-32-13(19)20-9)11(25)29-16-22-14(27-6)21-15(23-16)28-7/h8H,1-7H3,(H2,19,20)/b24-10-. The van der Waals surface area contributed by atoms with Crippen molar-refractivity contribution in [2.45, 2.75) is 45.8 Å². The molecule has 0 aliphatic heterocycles. The Morgan fingerprint density at radius 3 is 2.00 bits per heavy atom. The summed E-state index contributed by atoms with van der Waals surface area (Å²) in [5.74, 6) is -1.73. The van der Waals surface area contributed by atoms with Gasteiger partial charge in [-0.2, -0.15) is 0 Å². The molecule has 0 saturated carbocycles. The highest BCUT2D eigenvalue weighted by atomic mass is 32.1. The third kappa shape index (κ3) is 6.73. The molecule has 0 aliphatic carbocycles. The van der Waals surface area contributed by atoms with Gasteiger partial charge in [0.05, 0.1) is 14.2 Å². The molecule has 0 atom stereocenters. The summed E-state index contributed by atoms with van der Waals surface area (Å²) in [6.45, 7) is 8.00. The summed E-state index contributed by atoms with van der Waals surface area (Å²) < 4.78 is 20.3. The molecule has 2 aromatic rings. The van der Waals surface area contributed by atoms with E-state index < -0.39 is 29.2 Å². The van der Waals surface area contributed by atoms with Crippen LogP contribution in [0.5, 0.6) is 18.0 Å². The Morgan fingerprint density at radius 1 is 0.969 bits per heavy atom. The number of nitrogens with zero attached hydrogens (tertiary/aromatic N) is 5. The van der Waals surface area contributed by atoms with E-state index in [1.165, 1.54) is 33.4 Å². The van der Waals surface area contributed by atoms with Crippen LogP contribution in [-0.2, 0) is 19.2 Å². The maximum Gasteiger partial charge on any atom is 0.370 e. The molecule has 2 heterocycles. The average Bonchev–Trinajstić information content (AvgIpc) is 3.12. The van der Waals surface area contributed by atoms with Crippen molar-refractivity contribution in [1.29, 1.82) is 0 Å². The summed E-state index contributed by atoms with van der Waals surface area (Å²) >= 11 is 1.07. The number of esters is 2. The lowest BCUT2D eigenvalue weighted by Crippen LogP contribution is -2.40. The van der Waals surface area contributed by atoms with E-state index in [1.807, 2.05) is 0 Å². The minimum Gasteiger partial charge on any atom is -0.467 e. The van der Waals surface area contributed by atoms with E-state index in [-0.39, 0.29) is 28.6 Å². The number of carbonyl (C=O) groups excluding carboxylic acids is 2. The molecule has 0 aliphatic rings. The van der Waals surface area contributed by atoms with Gasteiger partial charge in [-0.05, 0) is 34.6 Å². The Hall–Kier alpha value is -3.55. The minimum absolute atomic E-state index is 0.0606. The summed E-state index contributed by atoms with van der Waals surface area (Å²) in [6, 6.07) is -0.697. The zero-order chi connectivity index (χ0) is 24.1. The largest absolute Gasteiger partial charge is 0.467 e. The lowest BCUT2D eigenvalue weighted by molar-refractivity contribution is -0.179. The van der Waals surface area contributed by atoms with Crippen molar-refractivity contribution in [2.75, 3.05) is 20.0 Å². The fraction of sp³-hybridized carbons (Fsp3) is 0.500. The maximum atomic E-state index is 12.8. The molecule has 0 unspecified atom stereocenters. The third-order valence-corrected chi connectivity index (χ3v) is 4.01. The van der Waals surface area contributed by atoms with Crippen LogP contribution in [0.25, 0.3) is 0 Å². The lowest BCUT2D eigenvalue weighted by Gasteiger charge is -2.26. The van der Waals surface area contributed by atoms with E-state index in [2.05, 4.69) is 25.1 Å². The molecule has 32 heavy (non-hydrogen) atoms. The van der Waals surface area contributed by atoms with Crippen LogP contribution in [-0.4, -0.2) is 63.0 Å². The molecule has 0 bridgehead atoms. The molecule has 174 valence electrons. The number of oxime groups is 1. The second-order valence-electron chi connectivity index (χ2n) is 7.60. The Morgan fingerprint density at radius 2 is 1.53 bits per heavy atom. The van der Waals surface area contributed by atoms with Gasteiger partial charge in [0.15, 0.2) is 5.13 Å². The molecule has 14 heteroatoms. The van der Waals surface area contributed by atoms with Crippen LogP contribution < -0.4 is 19.9 Å². The highest BCUT2D eigenvalue weighted by molar-refractivity contribution is 7.13. The van der Waals surface area contributed by atoms with E-state index in [9.17, 15) is 9.59 Å². The van der Waals surface area contributed by atoms with Gasteiger partial charge in [0, 0.05) is 5.38 Å². The summed E-state index contributed by atoms with van der Waals surface area (Å²) in [5.41, 5.74) is 3.07. The van der Waals surface area contributed by atoms with Crippen LogP contribution in [0.15, 0.2) is 10.5 Å². The molecule has 0 fully saturated rings. The van der Waals surface area contributed by atoms with E-state index in [4.69, 9.17) is 29.5 Å². The number of hydrogen-bond donors (Lipinski definition) is 1. The summed E-state index contributed by atoms with van der Waals surface area (Å²) in [7, 11) is 2.63. The molecule has 0 spiro atoms. The SMILES string of the molecule is COc1nc(OC)nc(OC(=O)/C(=N\OC(C)(C)C(=O)OC(C)(C)C)c2csc(N)n2)n1. The van der Waals surface area contributed by atoms with Gasteiger partial charge >= 0.3 is 30.0 Å². The Bertz CT molecular complexity index is 993. The monoisotopic (exact) mass is 468 g/mol. The fourth-order valence-electron chi connectivity index (χ4n) is 1.86. The number of nitrogen functional groups attached to an aromatic ring is 1. The molecule has 0 radical (unpaired) electrons. The van der Waals surface area contributed by atoms with Gasteiger partial charge in [-0.1, -0.05) is 5.16 Å². The molecule has 13 nitrogen and oxygen atoms in total. The van der Waals surface area contributed by atoms with Crippen molar-refractivity contribution in [3.8, 4) is 18.0 Å². The Balaban J connectivity index is 2.33. The highest BCUT2D eigenvalue weighted by Crippen LogP contribution is 2.20. The summed E-state index contributed by atoms with van der Waals surface area (Å²) in [5, 5.41) is 5.45. The molecule has 0 aromatic carbocycles. The number of rotatable bonds is 8. The molecule has 2 N–H and O–H groups in total. The van der Waals surface area contributed by atoms with Crippen molar-refractivity contribution < 1.29 is 33.4 Å². The number of thiazole rings is 1. The predicted molar refractivity (Wildman–Crippen MR) is 113 cm³/mol. The first-order chi connectivity index (χ1) is 14.8. The number of aromatic nitrogens is 4. The molecular weight excluding hydrogens is 444 g/mol. The molecule has 2 rings (SSSR count). The first-order valence-electron chi connectivity index (χ1n) is 9.12. The van der Waals surface area contributed by atoms with E-state index in [0.717, 1.165) is 11.3 Å². The number of ether oxygens (including phenoxy) is 4. The van der Waals surface area contributed by atoms with Gasteiger partial charge in [-0.3, -0.25) is 0 Å². The van der Waals surface area contributed by atoms with Crippen LogP contribution in [0.2, 0.25) is 0 Å². The topological polar surface area (TPSA) is 170 Å². The van der Waals surface area contributed by atoms with Crippen molar-refractivity contribution in [3.63, 3.8) is 0 Å². The van der Waals surface area contributed by atoms with Crippen LogP contribution in [0.3, 0.4) is 0 Å². The number of nitrogens with two attached hydrogens (primary N) is 1. The van der Waals surface area contributed by atoms with Crippen LogP contribution in [0.4, 0.5) is 5.13 Å². The van der Waals surface area contributed by atoms with Crippen molar-refractivity contribution in [2.24, 2.45) is 5.16 Å². The van der Waals surface area contributed by atoms with Gasteiger partial charge in [0.1, 0.15) is 11.3 Å². The zero-order valence-electron chi connectivity index (χ0n) is 18.7. The molecular formula is C18H24N6O7S. The van der Waals surface area contributed by atoms with Gasteiger partial charge in [0.25, 0.3) is 0 Å². The number of anilines is 1. The van der Waals surface area contributed by atoms with Crippen molar-refractivity contribution in [3.05, 3.63) is 11.1 Å². The molecule has 0 saturated heterocycles. The maximum absolute atomic E-state index is 12.8. The van der Waals surface area contributed by atoms with Gasteiger partial charge < -0.3 is 29.5 Å². The predicted octanol–water partition coefficient (Wildman–Crippen LogP) is 1.37. The Labute approximate surface area is 187 Å². The normalized spacial score (nSPS) is 12.2. The third-order valence-electron chi connectivity index (χ3n) is 3.34. The number of methoxy groups -OCH3 is 2. The number of hydrogen-bond acceptors (Lipinski definition) is 14. The smallest absolute Gasteiger partial charge is 0.370 e. The van der Waals surface area contributed by atoms with Crippen molar-refractivity contribution >= 4 is 34.1 Å². The molecule has 2 aromatic heterocycles. The fourth-order valence-corrected chi connectivity index (χ4v) is 2.41. The van der Waals surface area contributed by atoms with E-state index >= 15 is 0 Å². The number of carbonyl (C=O) groups is 2. The first kappa shape index (κ1) is 24.7. The van der Waals surface area contributed by atoms with Gasteiger partial charge in [0.2, 0.25) is 11.3 Å². The summed E-state index contributed by atoms with van der Waals surface area (Å²) in [4.78, 5) is 46.0. The van der Waals surface area contributed by atoms with Gasteiger partial charge in [-0.25, -0.2) is 14.6 Å². The Kier molecular flexibility index (Phi) is 7.51.